The lowest BCUT2D eigenvalue weighted by Crippen LogP contribution is -2.30. The maximum absolute atomic E-state index is 12.4. The molecule has 178 valence electrons. The van der Waals surface area contributed by atoms with Crippen LogP contribution in [0.2, 0.25) is 0 Å². The summed E-state index contributed by atoms with van der Waals surface area (Å²) in [5.41, 5.74) is 6.66. The summed E-state index contributed by atoms with van der Waals surface area (Å²) in [5, 5.41) is 30.7. The van der Waals surface area contributed by atoms with Crippen LogP contribution in [0, 0.1) is 0 Å². The van der Waals surface area contributed by atoms with Crippen LogP contribution in [-0.4, -0.2) is 45.8 Å². The molecule has 3 aromatic carbocycles. The lowest BCUT2D eigenvalue weighted by molar-refractivity contribution is 0.0140. The predicted molar refractivity (Wildman–Crippen MR) is 133 cm³/mol. The molecular weight excluding hydrogens is 442 g/mol. The predicted octanol–water partition coefficient (Wildman–Crippen LogP) is 4.40. The smallest absolute Gasteiger partial charge is 0.407 e. The summed E-state index contributed by atoms with van der Waals surface area (Å²) < 4.78 is 5.52. The fourth-order valence-electron chi connectivity index (χ4n) is 4.69. The van der Waals surface area contributed by atoms with E-state index in [2.05, 4.69) is 39.8 Å². The number of fused-ring (bicyclic) bond motifs is 3. The van der Waals surface area contributed by atoms with E-state index >= 15 is 0 Å². The van der Waals surface area contributed by atoms with E-state index < -0.39 is 18.3 Å². The Morgan fingerprint density at radius 2 is 1.57 bits per heavy atom. The Morgan fingerprint density at radius 1 is 0.943 bits per heavy atom. The van der Waals surface area contributed by atoms with Crippen molar-refractivity contribution in [2.45, 2.75) is 24.5 Å². The number of carbonyl (C=O) groups is 1. The molecule has 1 aromatic heterocycles. The van der Waals surface area contributed by atoms with Crippen LogP contribution in [0.4, 0.5) is 4.79 Å². The first-order chi connectivity index (χ1) is 17.1. The molecule has 0 aliphatic heterocycles. The monoisotopic (exact) mass is 469 g/mol. The van der Waals surface area contributed by atoms with Gasteiger partial charge in [-0.1, -0.05) is 78.9 Å². The van der Waals surface area contributed by atoms with Crippen molar-refractivity contribution < 1.29 is 19.7 Å². The van der Waals surface area contributed by atoms with Crippen molar-refractivity contribution in [3.63, 3.8) is 0 Å². The number of aromatic amines is 1. The Hall–Kier alpha value is -3.94. The number of ether oxygens (including phenoxy) is 1. The number of aliphatic hydroxyl groups is 2. The van der Waals surface area contributed by atoms with Crippen molar-refractivity contribution >= 4 is 6.09 Å². The van der Waals surface area contributed by atoms with E-state index in [-0.39, 0.29) is 25.5 Å². The maximum atomic E-state index is 12.4. The van der Waals surface area contributed by atoms with Crippen LogP contribution in [0.25, 0.3) is 22.4 Å². The van der Waals surface area contributed by atoms with Gasteiger partial charge in [-0.25, -0.2) is 4.79 Å². The number of rotatable bonds is 8. The summed E-state index contributed by atoms with van der Waals surface area (Å²) >= 11 is 0. The van der Waals surface area contributed by atoms with E-state index in [9.17, 15) is 15.0 Å². The van der Waals surface area contributed by atoms with Gasteiger partial charge in [-0.3, -0.25) is 5.10 Å². The van der Waals surface area contributed by atoms with Crippen LogP contribution >= 0.6 is 0 Å². The second-order valence-electron chi connectivity index (χ2n) is 8.62. The molecule has 7 heteroatoms. The van der Waals surface area contributed by atoms with Crippen LogP contribution in [0.3, 0.4) is 0 Å². The lowest BCUT2D eigenvalue weighted by atomic mass is 9.98. The Balaban J connectivity index is 1.14. The molecule has 1 heterocycles. The molecule has 0 radical (unpaired) electrons. The molecule has 35 heavy (non-hydrogen) atoms. The van der Waals surface area contributed by atoms with Crippen molar-refractivity contribution in [2.75, 3.05) is 13.2 Å². The Labute approximate surface area is 203 Å². The standard InChI is InChI=1S/C28H27N3O4/c32-25(27(33)23-16-30-31-26(23)18-8-2-1-3-9-18)14-15-29-28(34)35-17-24-21-12-6-4-10-19(21)20-11-5-7-13-22(20)24/h1-13,16,24-25,27,32-33H,14-15,17H2,(H,29,34)(H,30,31). The molecule has 7 nitrogen and oxygen atoms in total. The largest absolute Gasteiger partial charge is 0.449 e. The number of benzene rings is 3. The molecule has 1 aliphatic rings. The molecule has 2 unspecified atom stereocenters. The first-order valence-corrected chi connectivity index (χ1v) is 11.7. The minimum atomic E-state index is -1.15. The van der Waals surface area contributed by atoms with Crippen LogP contribution < -0.4 is 5.32 Å². The average molecular weight is 470 g/mol. The number of hydrogen-bond donors (Lipinski definition) is 4. The number of carbonyl (C=O) groups excluding carboxylic acids is 1. The van der Waals surface area contributed by atoms with E-state index in [0.29, 0.717) is 11.3 Å². The Bertz CT molecular complexity index is 1260. The van der Waals surface area contributed by atoms with Crippen molar-refractivity contribution in [1.29, 1.82) is 0 Å². The van der Waals surface area contributed by atoms with Gasteiger partial charge in [0.25, 0.3) is 0 Å². The summed E-state index contributed by atoms with van der Waals surface area (Å²) in [4.78, 5) is 12.4. The van der Waals surface area contributed by atoms with Crippen molar-refractivity contribution in [1.82, 2.24) is 15.5 Å². The molecule has 4 N–H and O–H groups in total. The van der Waals surface area contributed by atoms with Gasteiger partial charge in [-0.2, -0.15) is 5.10 Å². The average Bonchev–Trinajstić information content (AvgIpc) is 3.51. The first kappa shape index (κ1) is 22.8. The zero-order chi connectivity index (χ0) is 24.2. The lowest BCUT2D eigenvalue weighted by Gasteiger charge is -2.19. The van der Waals surface area contributed by atoms with Gasteiger partial charge in [0.15, 0.2) is 0 Å². The normalized spacial score (nSPS) is 14.1. The fourth-order valence-corrected chi connectivity index (χ4v) is 4.69. The Kier molecular flexibility index (Phi) is 6.61. The minimum Gasteiger partial charge on any atom is -0.449 e. The van der Waals surface area contributed by atoms with Gasteiger partial charge < -0.3 is 20.3 Å². The van der Waals surface area contributed by atoms with Gasteiger partial charge >= 0.3 is 6.09 Å². The number of alkyl carbamates (subject to hydrolysis) is 1. The van der Waals surface area contributed by atoms with Gasteiger partial charge in [-0.15, -0.1) is 0 Å². The highest BCUT2D eigenvalue weighted by Crippen LogP contribution is 2.44. The second kappa shape index (κ2) is 10.1. The van der Waals surface area contributed by atoms with E-state index in [0.717, 1.165) is 16.7 Å². The van der Waals surface area contributed by atoms with Crippen LogP contribution in [0.5, 0.6) is 0 Å². The minimum absolute atomic E-state index is 0.0157. The molecule has 4 aromatic rings. The molecule has 0 fully saturated rings. The molecule has 5 rings (SSSR count). The third kappa shape index (κ3) is 4.69. The summed E-state index contributed by atoms with van der Waals surface area (Å²) in [6.07, 6.45) is -1.11. The maximum Gasteiger partial charge on any atom is 0.407 e. The molecule has 0 saturated heterocycles. The molecule has 0 saturated carbocycles. The van der Waals surface area contributed by atoms with E-state index in [1.165, 1.54) is 17.3 Å². The zero-order valence-corrected chi connectivity index (χ0v) is 19.1. The molecule has 1 aliphatic carbocycles. The summed E-state index contributed by atoms with van der Waals surface area (Å²) in [6.45, 7) is 0.383. The van der Waals surface area contributed by atoms with Crippen molar-refractivity contribution in [3.05, 3.63) is 102 Å². The number of nitrogens with zero attached hydrogens (tertiary/aromatic N) is 1. The third-order valence-electron chi connectivity index (χ3n) is 6.47. The number of aliphatic hydroxyl groups excluding tert-OH is 2. The van der Waals surface area contributed by atoms with Gasteiger partial charge in [0.2, 0.25) is 0 Å². The molecular formula is C28H27N3O4. The number of H-pyrrole nitrogens is 1. The van der Waals surface area contributed by atoms with E-state index in [1.807, 2.05) is 54.6 Å². The number of hydrogen-bond acceptors (Lipinski definition) is 5. The quantitative estimate of drug-likeness (QED) is 0.306. The van der Waals surface area contributed by atoms with Crippen molar-refractivity contribution in [3.8, 4) is 22.4 Å². The van der Waals surface area contributed by atoms with Crippen LogP contribution in [0.15, 0.2) is 85.1 Å². The summed E-state index contributed by atoms with van der Waals surface area (Å²) in [7, 11) is 0. The van der Waals surface area contributed by atoms with Gasteiger partial charge in [-0.05, 0) is 34.2 Å². The zero-order valence-electron chi connectivity index (χ0n) is 19.1. The third-order valence-corrected chi connectivity index (χ3v) is 6.47. The fraction of sp³-hybridized carbons (Fsp3) is 0.214. The van der Waals surface area contributed by atoms with Crippen molar-refractivity contribution in [2.24, 2.45) is 0 Å². The second-order valence-corrected chi connectivity index (χ2v) is 8.62. The SMILES string of the molecule is O=C(NCCC(O)C(O)c1cn[nH]c1-c1ccccc1)OCC1c2ccccc2-c2ccccc21. The van der Waals surface area contributed by atoms with E-state index in [1.54, 1.807) is 0 Å². The van der Waals surface area contributed by atoms with Crippen LogP contribution in [0.1, 0.15) is 35.1 Å². The molecule has 0 bridgehead atoms. The highest BCUT2D eigenvalue weighted by atomic mass is 16.5. The Morgan fingerprint density at radius 3 is 2.26 bits per heavy atom. The van der Waals surface area contributed by atoms with E-state index in [4.69, 9.17) is 4.74 Å². The van der Waals surface area contributed by atoms with Gasteiger partial charge in [0.05, 0.1) is 18.0 Å². The molecule has 0 spiro atoms. The highest BCUT2D eigenvalue weighted by Gasteiger charge is 2.29. The van der Waals surface area contributed by atoms with Crippen LogP contribution in [-0.2, 0) is 4.74 Å². The number of aromatic nitrogens is 2. The molecule has 2 atom stereocenters. The summed E-state index contributed by atoms with van der Waals surface area (Å²) in [6, 6.07) is 25.8. The number of amides is 1. The summed E-state index contributed by atoms with van der Waals surface area (Å²) in [5.74, 6) is -0.0157. The topological polar surface area (TPSA) is 107 Å². The van der Waals surface area contributed by atoms with Gasteiger partial charge in [0, 0.05) is 18.0 Å². The molecule has 1 amide bonds. The highest BCUT2D eigenvalue weighted by molar-refractivity contribution is 5.79. The van der Waals surface area contributed by atoms with Gasteiger partial charge in [0.1, 0.15) is 12.7 Å². The first-order valence-electron chi connectivity index (χ1n) is 11.7. The number of nitrogens with one attached hydrogen (secondary N) is 2.